The van der Waals surface area contributed by atoms with Crippen molar-refractivity contribution in [2.24, 2.45) is 11.8 Å². The van der Waals surface area contributed by atoms with Crippen LogP contribution < -0.4 is 10.6 Å². The van der Waals surface area contributed by atoms with Crippen LogP contribution in [0.25, 0.3) is 0 Å². The van der Waals surface area contributed by atoms with Crippen LogP contribution in [0.4, 0.5) is 4.79 Å². The highest BCUT2D eigenvalue weighted by atomic mass is 16.4. The molecule has 2 atom stereocenters. The molecule has 0 aromatic heterocycles. The predicted molar refractivity (Wildman–Crippen MR) is 82.2 cm³/mol. The van der Waals surface area contributed by atoms with Crippen LogP contribution in [0.2, 0.25) is 0 Å². The van der Waals surface area contributed by atoms with E-state index in [4.69, 9.17) is 5.11 Å². The van der Waals surface area contributed by atoms with E-state index < -0.39 is 11.9 Å². The first-order chi connectivity index (χ1) is 9.91. The second-order valence-corrected chi connectivity index (χ2v) is 5.59. The van der Waals surface area contributed by atoms with Gasteiger partial charge in [0.2, 0.25) is 0 Å². The van der Waals surface area contributed by atoms with Gasteiger partial charge in [-0.25, -0.2) is 4.79 Å². The average molecular weight is 292 g/mol. The zero-order chi connectivity index (χ0) is 15.8. The van der Waals surface area contributed by atoms with Crippen LogP contribution in [0.3, 0.4) is 0 Å². The third kappa shape index (κ3) is 5.85. The number of amides is 2. The summed E-state index contributed by atoms with van der Waals surface area (Å²) in [5, 5.41) is 14.4. The van der Waals surface area contributed by atoms with E-state index in [9.17, 15) is 9.59 Å². The lowest BCUT2D eigenvalue weighted by Crippen LogP contribution is -2.42. The smallest absolute Gasteiger partial charge is 0.314 e. The molecule has 0 radical (unpaired) electrons. The first-order valence-electron chi connectivity index (χ1n) is 7.21. The van der Waals surface area contributed by atoms with Gasteiger partial charge < -0.3 is 15.7 Å². The van der Waals surface area contributed by atoms with E-state index in [1.54, 1.807) is 0 Å². The lowest BCUT2D eigenvalue weighted by molar-refractivity contribution is -0.142. The first-order valence-corrected chi connectivity index (χ1v) is 7.21. The summed E-state index contributed by atoms with van der Waals surface area (Å²) < 4.78 is 0. The molecule has 0 aliphatic carbocycles. The van der Waals surface area contributed by atoms with E-state index in [0.29, 0.717) is 6.54 Å². The van der Waals surface area contributed by atoms with Gasteiger partial charge in [0, 0.05) is 13.1 Å². The number of rotatable bonds is 7. The molecule has 5 heteroatoms. The Morgan fingerprint density at radius 3 is 2.14 bits per heavy atom. The Balaban J connectivity index is 2.36. The predicted octanol–water partition coefficient (Wildman–Crippen LogP) is 2.45. The SMILES string of the molecule is CC(CNC(=O)NCC(C(=O)O)C(C)C)c1ccccc1. The number of hydrogen-bond donors (Lipinski definition) is 3. The van der Waals surface area contributed by atoms with Crippen LogP contribution in [0.1, 0.15) is 32.3 Å². The van der Waals surface area contributed by atoms with Crippen molar-refractivity contribution < 1.29 is 14.7 Å². The van der Waals surface area contributed by atoms with E-state index >= 15 is 0 Å². The topological polar surface area (TPSA) is 78.4 Å². The summed E-state index contributed by atoms with van der Waals surface area (Å²) >= 11 is 0. The first kappa shape index (κ1) is 17.0. The maximum Gasteiger partial charge on any atom is 0.314 e. The van der Waals surface area contributed by atoms with Gasteiger partial charge in [0.15, 0.2) is 0 Å². The van der Waals surface area contributed by atoms with Crippen LogP contribution >= 0.6 is 0 Å². The van der Waals surface area contributed by atoms with Crippen molar-refractivity contribution in [2.75, 3.05) is 13.1 Å². The van der Waals surface area contributed by atoms with E-state index in [1.807, 2.05) is 51.1 Å². The molecule has 21 heavy (non-hydrogen) atoms. The molecule has 1 rings (SSSR count). The molecule has 2 unspecified atom stereocenters. The summed E-state index contributed by atoms with van der Waals surface area (Å²) in [5.74, 6) is -1.27. The molecule has 0 heterocycles. The van der Waals surface area contributed by atoms with Crippen molar-refractivity contribution in [3.8, 4) is 0 Å². The van der Waals surface area contributed by atoms with Crippen LogP contribution in [0.15, 0.2) is 30.3 Å². The highest BCUT2D eigenvalue weighted by molar-refractivity contribution is 5.76. The van der Waals surface area contributed by atoms with E-state index in [2.05, 4.69) is 10.6 Å². The Labute approximate surface area is 125 Å². The summed E-state index contributed by atoms with van der Waals surface area (Å²) in [7, 11) is 0. The molecule has 3 N–H and O–H groups in total. The summed E-state index contributed by atoms with van der Waals surface area (Å²) in [6.45, 7) is 6.34. The third-order valence-corrected chi connectivity index (χ3v) is 3.54. The summed E-state index contributed by atoms with van der Waals surface area (Å²) in [6, 6.07) is 9.59. The molecule has 2 amide bonds. The number of urea groups is 1. The standard InChI is InChI=1S/C16H24N2O3/c1-11(2)14(15(19)20)10-18-16(21)17-9-12(3)13-7-5-4-6-8-13/h4-8,11-12,14H,9-10H2,1-3H3,(H,19,20)(H2,17,18,21). The molecule has 0 saturated carbocycles. The van der Waals surface area contributed by atoms with Gasteiger partial charge in [0.1, 0.15) is 0 Å². The number of hydrogen-bond acceptors (Lipinski definition) is 2. The second-order valence-electron chi connectivity index (χ2n) is 5.59. The highest BCUT2D eigenvalue weighted by Gasteiger charge is 2.21. The van der Waals surface area contributed by atoms with Crippen LogP contribution in [-0.4, -0.2) is 30.2 Å². The molecule has 0 spiro atoms. The number of aliphatic carboxylic acids is 1. The Hall–Kier alpha value is -2.04. The maximum absolute atomic E-state index is 11.7. The van der Waals surface area contributed by atoms with Gasteiger partial charge in [-0.05, 0) is 17.4 Å². The van der Waals surface area contributed by atoms with Crippen molar-refractivity contribution in [3.63, 3.8) is 0 Å². The number of carbonyl (C=O) groups excluding carboxylic acids is 1. The third-order valence-electron chi connectivity index (χ3n) is 3.54. The van der Waals surface area contributed by atoms with Crippen LogP contribution in [-0.2, 0) is 4.79 Å². The van der Waals surface area contributed by atoms with Crippen molar-refractivity contribution in [1.82, 2.24) is 10.6 Å². The van der Waals surface area contributed by atoms with Crippen LogP contribution in [0.5, 0.6) is 0 Å². The van der Waals surface area contributed by atoms with E-state index in [1.165, 1.54) is 0 Å². The Morgan fingerprint density at radius 2 is 1.62 bits per heavy atom. The lowest BCUT2D eigenvalue weighted by atomic mass is 9.96. The van der Waals surface area contributed by atoms with Gasteiger partial charge in [-0.3, -0.25) is 4.79 Å². The molecule has 0 aliphatic rings. The van der Waals surface area contributed by atoms with Crippen molar-refractivity contribution in [3.05, 3.63) is 35.9 Å². The Bertz CT molecular complexity index is 460. The molecular formula is C16H24N2O3. The molecular weight excluding hydrogens is 268 g/mol. The normalized spacial score (nSPS) is 13.5. The Kier molecular flexibility index (Phi) is 6.72. The highest BCUT2D eigenvalue weighted by Crippen LogP contribution is 2.13. The van der Waals surface area contributed by atoms with Crippen molar-refractivity contribution in [2.45, 2.75) is 26.7 Å². The van der Waals surface area contributed by atoms with Gasteiger partial charge in [-0.2, -0.15) is 0 Å². The van der Waals surface area contributed by atoms with Crippen molar-refractivity contribution in [1.29, 1.82) is 0 Å². The van der Waals surface area contributed by atoms with Crippen molar-refractivity contribution >= 4 is 12.0 Å². The van der Waals surface area contributed by atoms with Gasteiger partial charge in [0.25, 0.3) is 0 Å². The summed E-state index contributed by atoms with van der Waals surface area (Å²) in [6.07, 6.45) is 0. The molecule has 0 fully saturated rings. The molecule has 1 aromatic rings. The lowest BCUT2D eigenvalue weighted by Gasteiger charge is -2.18. The monoisotopic (exact) mass is 292 g/mol. The van der Waals surface area contributed by atoms with Crippen LogP contribution in [0, 0.1) is 11.8 Å². The number of nitrogens with one attached hydrogen (secondary N) is 2. The fourth-order valence-electron chi connectivity index (χ4n) is 2.02. The quantitative estimate of drug-likeness (QED) is 0.722. The van der Waals surface area contributed by atoms with Gasteiger partial charge in [-0.15, -0.1) is 0 Å². The minimum Gasteiger partial charge on any atom is -0.481 e. The van der Waals surface area contributed by atoms with Gasteiger partial charge in [0.05, 0.1) is 5.92 Å². The van der Waals surface area contributed by atoms with E-state index in [0.717, 1.165) is 5.56 Å². The van der Waals surface area contributed by atoms with E-state index in [-0.39, 0.29) is 24.4 Å². The molecule has 116 valence electrons. The fraction of sp³-hybridized carbons (Fsp3) is 0.500. The van der Waals surface area contributed by atoms with Gasteiger partial charge in [-0.1, -0.05) is 51.1 Å². The molecule has 0 bridgehead atoms. The summed E-state index contributed by atoms with van der Waals surface area (Å²) in [4.78, 5) is 22.7. The number of benzene rings is 1. The minimum absolute atomic E-state index is 0.0222. The maximum atomic E-state index is 11.7. The molecule has 1 aromatic carbocycles. The van der Waals surface area contributed by atoms with Gasteiger partial charge >= 0.3 is 12.0 Å². The molecule has 0 saturated heterocycles. The molecule has 5 nitrogen and oxygen atoms in total. The molecule has 0 aliphatic heterocycles. The second kappa shape index (κ2) is 8.29. The fourth-order valence-corrected chi connectivity index (χ4v) is 2.02. The minimum atomic E-state index is -0.886. The Morgan fingerprint density at radius 1 is 1.05 bits per heavy atom. The number of carbonyl (C=O) groups is 2. The summed E-state index contributed by atoms with van der Waals surface area (Å²) in [5.41, 5.74) is 1.16. The largest absolute Gasteiger partial charge is 0.481 e. The average Bonchev–Trinajstić information content (AvgIpc) is 2.45. The zero-order valence-corrected chi connectivity index (χ0v) is 12.8. The number of carboxylic acid groups (broad SMARTS) is 1. The number of carboxylic acids is 1. The zero-order valence-electron chi connectivity index (χ0n) is 12.8.